The molecule has 4 rings (SSSR count). The molecule has 1 saturated heterocycles. The lowest BCUT2D eigenvalue weighted by atomic mass is 9.97. The third kappa shape index (κ3) is 2.91. The van der Waals surface area contributed by atoms with E-state index in [0.29, 0.717) is 18.8 Å². The first kappa shape index (κ1) is 15.8. The molecule has 128 valence electrons. The highest BCUT2D eigenvalue weighted by Gasteiger charge is 2.39. The predicted molar refractivity (Wildman–Crippen MR) is 95.4 cm³/mol. The second-order valence-electron chi connectivity index (χ2n) is 7.03. The molecule has 0 bridgehead atoms. The van der Waals surface area contributed by atoms with Crippen molar-refractivity contribution in [2.75, 3.05) is 13.2 Å². The van der Waals surface area contributed by atoms with Gasteiger partial charge in [-0.2, -0.15) is 0 Å². The largest absolute Gasteiger partial charge is 0.369 e. The van der Waals surface area contributed by atoms with Gasteiger partial charge in [-0.3, -0.25) is 4.79 Å². The van der Waals surface area contributed by atoms with Crippen LogP contribution in [-0.4, -0.2) is 38.9 Å². The van der Waals surface area contributed by atoms with E-state index in [4.69, 9.17) is 4.74 Å². The van der Waals surface area contributed by atoms with E-state index < -0.39 is 0 Å². The van der Waals surface area contributed by atoms with Gasteiger partial charge >= 0.3 is 0 Å². The molecule has 1 aliphatic heterocycles. The number of benzene rings is 1. The standard InChI is InChI=1S/C20H21N3O2/c1-20(2)14-25-17(15-8-4-3-5-9-15)13-23(20)19(24)16-12-22-11-7-6-10-18(22)21-16/h3-12,17H,13-14H2,1-2H3. The molecular weight excluding hydrogens is 314 g/mol. The smallest absolute Gasteiger partial charge is 0.274 e. The Morgan fingerprint density at radius 1 is 1.16 bits per heavy atom. The van der Waals surface area contributed by atoms with Crippen LogP contribution in [0, 0.1) is 0 Å². The van der Waals surface area contributed by atoms with Gasteiger partial charge in [0.15, 0.2) is 0 Å². The summed E-state index contributed by atoms with van der Waals surface area (Å²) < 4.78 is 7.91. The number of carbonyl (C=O) groups is 1. The van der Waals surface area contributed by atoms with E-state index in [1.54, 1.807) is 6.20 Å². The van der Waals surface area contributed by atoms with Gasteiger partial charge in [0.2, 0.25) is 0 Å². The molecule has 0 N–H and O–H groups in total. The molecule has 5 nitrogen and oxygen atoms in total. The van der Waals surface area contributed by atoms with Crippen molar-refractivity contribution in [2.45, 2.75) is 25.5 Å². The van der Waals surface area contributed by atoms with Gasteiger partial charge in [0, 0.05) is 12.4 Å². The van der Waals surface area contributed by atoms with Crippen molar-refractivity contribution in [3.05, 3.63) is 72.2 Å². The first-order valence-electron chi connectivity index (χ1n) is 8.47. The Balaban J connectivity index is 1.64. The summed E-state index contributed by atoms with van der Waals surface area (Å²) in [4.78, 5) is 19.5. The average molecular weight is 335 g/mol. The molecule has 1 fully saturated rings. The number of carbonyl (C=O) groups excluding carboxylic acids is 1. The number of rotatable bonds is 2. The van der Waals surface area contributed by atoms with E-state index >= 15 is 0 Å². The van der Waals surface area contributed by atoms with Crippen molar-refractivity contribution in [1.29, 1.82) is 0 Å². The molecule has 25 heavy (non-hydrogen) atoms. The first-order chi connectivity index (χ1) is 12.0. The number of hydrogen-bond donors (Lipinski definition) is 0. The Hall–Kier alpha value is -2.66. The summed E-state index contributed by atoms with van der Waals surface area (Å²) in [6.45, 7) is 5.07. The summed E-state index contributed by atoms with van der Waals surface area (Å²) in [5.74, 6) is -0.0575. The van der Waals surface area contributed by atoms with Gasteiger partial charge in [-0.25, -0.2) is 4.98 Å². The van der Waals surface area contributed by atoms with E-state index in [0.717, 1.165) is 11.2 Å². The molecule has 0 spiro atoms. The zero-order chi connectivity index (χ0) is 17.4. The predicted octanol–water partition coefficient (Wildman–Crippen LogP) is 3.33. The zero-order valence-corrected chi connectivity index (χ0v) is 14.4. The first-order valence-corrected chi connectivity index (χ1v) is 8.47. The number of aromatic nitrogens is 2. The number of amides is 1. The Kier molecular flexibility index (Phi) is 3.81. The lowest BCUT2D eigenvalue weighted by Gasteiger charge is -2.45. The van der Waals surface area contributed by atoms with Crippen LogP contribution in [0.1, 0.15) is 36.0 Å². The van der Waals surface area contributed by atoms with Crippen LogP contribution >= 0.6 is 0 Å². The van der Waals surface area contributed by atoms with E-state index in [1.807, 2.05) is 77.9 Å². The maximum atomic E-state index is 13.2. The lowest BCUT2D eigenvalue weighted by Crippen LogP contribution is -2.56. The van der Waals surface area contributed by atoms with Crippen LogP contribution in [0.5, 0.6) is 0 Å². The normalized spacial score (nSPS) is 19.9. The van der Waals surface area contributed by atoms with Crippen molar-refractivity contribution < 1.29 is 9.53 Å². The molecule has 1 unspecified atom stereocenters. The van der Waals surface area contributed by atoms with Gasteiger partial charge in [0.05, 0.1) is 18.7 Å². The number of pyridine rings is 1. The van der Waals surface area contributed by atoms with Crippen molar-refractivity contribution in [2.24, 2.45) is 0 Å². The fourth-order valence-electron chi connectivity index (χ4n) is 3.25. The van der Waals surface area contributed by atoms with Gasteiger partial charge in [0.1, 0.15) is 17.4 Å². The number of fused-ring (bicyclic) bond motifs is 1. The fourth-order valence-corrected chi connectivity index (χ4v) is 3.25. The minimum atomic E-state index is -0.377. The second-order valence-corrected chi connectivity index (χ2v) is 7.03. The molecule has 1 amide bonds. The van der Waals surface area contributed by atoms with Gasteiger partial charge < -0.3 is 14.0 Å². The molecule has 5 heteroatoms. The highest BCUT2D eigenvalue weighted by atomic mass is 16.5. The monoisotopic (exact) mass is 335 g/mol. The number of hydrogen-bond acceptors (Lipinski definition) is 3. The highest BCUT2D eigenvalue weighted by Crippen LogP contribution is 2.31. The molecule has 3 aromatic rings. The van der Waals surface area contributed by atoms with E-state index in [-0.39, 0.29) is 17.6 Å². The summed E-state index contributed by atoms with van der Waals surface area (Å²) in [5, 5.41) is 0. The SMILES string of the molecule is CC1(C)COC(c2ccccc2)CN1C(=O)c1cn2ccccc2n1. The topological polar surface area (TPSA) is 46.8 Å². The van der Waals surface area contributed by atoms with E-state index in [2.05, 4.69) is 4.98 Å². The fraction of sp³-hybridized carbons (Fsp3) is 0.300. The summed E-state index contributed by atoms with van der Waals surface area (Å²) >= 11 is 0. The Bertz CT molecular complexity index is 868. The van der Waals surface area contributed by atoms with Gasteiger partial charge in [-0.05, 0) is 31.5 Å². The Morgan fingerprint density at radius 3 is 2.68 bits per heavy atom. The van der Waals surface area contributed by atoms with Crippen molar-refractivity contribution in [1.82, 2.24) is 14.3 Å². The molecule has 1 aliphatic rings. The number of ether oxygens (including phenoxy) is 1. The summed E-state index contributed by atoms with van der Waals surface area (Å²) in [6, 6.07) is 15.8. The third-order valence-corrected chi connectivity index (χ3v) is 4.72. The molecule has 0 aliphatic carbocycles. The van der Waals surface area contributed by atoms with Gasteiger partial charge in [-0.15, -0.1) is 0 Å². The van der Waals surface area contributed by atoms with Gasteiger partial charge in [-0.1, -0.05) is 36.4 Å². The van der Waals surface area contributed by atoms with Gasteiger partial charge in [0.25, 0.3) is 5.91 Å². The quantitative estimate of drug-likeness (QED) is 0.722. The van der Waals surface area contributed by atoms with Crippen LogP contribution in [0.2, 0.25) is 0 Å². The molecule has 0 saturated carbocycles. The van der Waals surface area contributed by atoms with E-state index in [9.17, 15) is 4.79 Å². The van der Waals surface area contributed by atoms with Crippen molar-refractivity contribution >= 4 is 11.6 Å². The maximum Gasteiger partial charge on any atom is 0.274 e. The summed E-state index contributed by atoms with van der Waals surface area (Å²) in [7, 11) is 0. The lowest BCUT2D eigenvalue weighted by molar-refractivity contribution is -0.0848. The van der Waals surface area contributed by atoms with E-state index in [1.165, 1.54) is 0 Å². The van der Waals surface area contributed by atoms with Crippen LogP contribution in [0.15, 0.2) is 60.9 Å². The van der Waals surface area contributed by atoms with Crippen LogP contribution in [0.25, 0.3) is 5.65 Å². The Labute approximate surface area is 146 Å². The molecule has 3 heterocycles. The average Bonchev–Trinajstić information content (AvgIpc) is 3.06. The maximum absolute atomic E-state index is 13.2. The second kappa shape index (κ2) is 6.01. The zero-order valence-electron chi connectivity index (χ0n) is 14.4. The molecule has 1 aromatic carbocycles. The van der Waals surface area contributed by atoms with Crippen LogP contribution in [0.3, 0.4) is 0 Å². The number of imidazole rings is 1. The molecule has 2 aromatic heterocycles. The molecule has 0 radical (unpaired) electrons. The van der Waals surface area contributed by atoms with Crippen molar-refractivity contribution in [3.8, 4) is 0 Å². The van der Waals surface area contributed by atoms with Crippen molar-refractivity contribution in [3.63, 3.8) is 0 Å². The minimum Gasteiger partial charge on any atom is -0.369 e. The molecule has 1 atom stereocenters. The highest BCUT2D eigenvalue weighted by molar-refractivity contribution is 5.93. The Morgan fingerprint density at radius 2 is 1.92 bits per heavy atom. The summed E-state index contributed by atoms with van der Waals surface area (Å²) in [6.07, 6.45) is 3.58. The molecular formula is C20H21N3O2. The third-order valence-electron chi connectivity index (χ3n) is 4.72. The van der Waals surface area contributed by atoms with Crippen LogP contribution in [-0.2, 0) is 4.74 Å². The van der Waals surface area contributed by atoms with Crippen LogP contribution in [0.4, 0.5) is 0 Å². The number of morpholine rings is 1. The minimum absolute atomic E-state index is 0.0575. The number of nitrogens with zero attached hydrogens (tertiary/aromatic N) is 3. The summed E-state index contributed by atoms with van der Waals surface area (Å²) in [5.41, 5.74) is 1.95. The van der Waals surface area contributed by atoms with Crippen LogP contribution < -0.4 is 0 Å².